The number of piperazine rings is 1. The van der Waals surface area contributed by atoms with Crippen LogP contribution >= 0.6 is 0 Å². The number of anilines is 2. The molecule has 1 aliphatic heterocycles. The number of carbonyl (C=O) groups is 1. The number of amides is 1. The van der Waals surface area contributed by atoms with Crippen molar-refractivity contribution in [2.45, 2.75) is 19.4 Å². The summed E-state index contributed by atoms with van der Waals surface area (Å²) >= 11 is 0. The molecular weight excluding hydrogens is 470 g/mol. The third kappa shape index (κ3) is 5.74. The van der Waals surface area contributed by atoms with Crippen LogP contribution < -0.4 is 24.6 Å². The first-order valence-electron chi connectivity index (χ1n) is 12.4. The molecule has 2 aromatic heterocycles. The van der Waals surface area contributed by atoms with E-state index in [1.54, 1.807) is 18.7 Å². The molecule has 10 heteroatoms. The summed E-state index contributed by atoms with van der Waals surface area (Å²) in [5.41, 5.74) is 2.85. The van der Waals surface area contributed by atoms with Gasteiger partial charge in [0.25, 0.3) is 0 Å². The number of rotatable bonds is 9. The summed E-state index contributed by atoms with van der Waals surface area (Å²) in [5.74, 6) is 3.16. The fraction of sp³-hybridized carbons (Fsp3) is 0.333. The van der Waals surface area contributed by atoms with E-state index in [2.05, 4.69) is 37.4 Å². The highest BCUT2D eigenvalue weighted by Crippen LogP contribution is 2.23. The molecule has 2 aromatic carbocycles. The van der Waals surface area contributed by atoms with Crippen LogP contribution in [-0.4, -0.2) is 66.1 Å². The summed E-state index contributed by atoms with van der Waals surface area (Å²) in [6.07, 6.45) is 0.762. The number of hydrogen-bond donors (Lipinski definition) is 1. The molecule has 1 saturated heterocycles. The monoisotopic (exact) mass is 501 g/mol. The van der Waals surface area contributed by atoms with E-state index in [1.165, 1.54) is 0 Å². The standard InChI is InChI=1S/C27H31N7O3/c1-36-22-8-6-20(7-9-22)19-28-27(35)13-12-25-30-29-24-10-11-26(31-34(24)25)33-16-14-32(15-17-33)21-4-3-5-23(18-21)37-2/h3-11,18H,12-17,19H2,1-2H3,(H,28,35). The van der Waals surface area contributed by atoms with Gasteiger partial charge in [-0.15, -0.1) is 15.3 Å². The zero-order valence-electron chi connectivity index (χ0n) is 21.1. The van der Waals surface area contributed by atoms with Crippen LogP contribution in [0.5, 0.6) is 11.5 Å². The fourth-order valence-corrected chi connectivity index (χ4v) is 4.41. The van der Waals surface area contributed by atoms with Gasteiger partial charge in [0.1, 0.15) is 17.3 Å². The Morgan fingerprint density at radius 1 is 0.892 bits per heavy atom. The lowest BCUT2D eigenvalue weighted by Crippen LogP contribution is -2.47. The van der Waals surface area contributed by atoms with Crippen LogP contribution in [0.25, 0.3) is 5.65 Å². The van der Waals surface area contributed by atoms with Crippen LogP contribution in [0.1, 0.15) is 17.8 Å². The Morgan fingerprint density at radius 2 is 1.65 bits per heavy atom. The lowest BCUT2D eigenvalue weighted by molar-refractivity contribution is -0.121. The molecule has 37 heavy (non-hydrogen) atoms. The molecule has 0 bridgehead atoms. The van der Waals surface area contributed by atoms with Crippen LogP contribution in [0, 0.1) is 0 Å². The Balaban J connectivity index is 1.17. The Bertz CT molecular complexity index is 1350. The number of carbonyl (C=O) groups excluding carboxylic acids is 1. The van der Waals surface area contributed by atoms with Crippen molar-refractivity contribution in [1.82, 2.24) is 25.1 Å². The lowest BCUT2D eigenvalue weighted by Gasteiger charge is -2.36. The van der Waals surface area contributed by atoms with Crippen molar-refractivity contribution < 1.29 is 14.3 Å². The maximum Gasteiger partial charge on any atom is 0.220 e. The van der Waals surface area contributed by atoms with E-state index in [1.807, 2.05) is 48.5 Å². The molecule has 0 saturated carbocycles. The van der Waals surface area contributed by atoms with Gasteiger partial charge < -0.3 is 24.6 Å². The average Bonchev–Trinajstić information content (AvgIpc) is 3.37. The highest BCUT2D eigenvalue weighted by atomic mass is 16.5. The summed E-state index contributed by atoms with van der Waals surface area (Å²) < 4.78 is 12.3. The molecular formula is C27H31N7O3. The second-order valence-electron chi connectivity index (χ2n) is 8.88. The van der Waals surface area contributed by atoms with Gasteiger partial charge in [-0.05, 0) is 42.0 Å². The number of nitrogens with zero attached hydrogens (tertiary/aromatic N) is 6. The summed E-state index contributed by atoms with van der Waals surface area (Å²) in [5, 5.41) is 16.3. The lowest BCUT2D eigenvalue weighted by atomic mass is 10.2. The number of aromatic nitrogens is 4. The molecule has 1 N–H and O–H groups in total. The van der Waals surface area contributed by atoms with Gasteiger partial charge in [-0.2, -0.15) is 4.52 Å². The maximum atomic E-state index is 12.4. The average molecular weight is 502 g/mol. The molecule has 10 nitrogen and oxygen atoms in total. The van der Waals surface area contributed by atoms with Crippen molar-refractivity contribution in [2.75, 3.05) is 50.2 Å². The van der Waals surface area contributed by atoms with Crippen molar-refractivity contribution in [2.24, 2.45) is 0 Å². The zero-order chi connectivity index (χ0) is 25.6. The van der Waals surface area contributed by atoms with Crippen LogP contribution in [0.15, 0.2) is 60.7 Å². The molecule has 1 aliphatic rings. The van der Waals surface area contributed by atoms with Gasteiger partial charge in [0, 0.05) is 57.3 Å². The third-order valence-electron chi connectivity index (χ3n) is 6.56. The molecule has 3 heterocycles. The number of aryl methyl sites for hydroxylation is 1. The van der Waals surface area contributed by atoms with Crippen molar-refractivity contribution in [3.8, 4) is 11.5 Å². The molecule has 192 valence electrons. The molecule has 0 atom stereocenters. The predicted octanol–water partition coefficient (Wildman–Crippen LogP) is 2.72. The maximum absolute atomic E-state index is 12.4. The SMILES string of the molecule is COc1ccc(CNC(=O)CCc2nnc3ccc(N4CCN(c5cccc(OC)c5)CC4)nn23)cc1. The largest absolute Gasteiger partial charge is 0.497 e. The second kappa shape index (κ2) is 11.2. The van der Waals surface area contributed by atoms with Gasteiger partial charge in [0.15, 0.2) is 11.5 Å². The van der Waals surface area contributed by atoms with E-state index in [0.717, 1.165) is 54.7 Å². The van der Waals surface area contributed by atoms with Gasteiger partial charge in [0.05, 0.1) is 14.2 Å². The summed E-state index contributed by atoms with van der Waals surface area (Å²) in [4.78, 5) is 17.1. The highest BCUT2D eigenvalue weighted by molar-refractivity contribution is 5.76. The first-order chi connectivity index (χ1) is 18.1. The van der Waals surface area contributed by atoms with Crippen LogP contribution in [0.3, 0.4) is 0 Å². The summed E-state index contributed by atoms with van der Waals surface area (Å²) in [6.45, 7) is 3.93. The van der Waals surface area contributed by atoms with E-state index in [4.69, 9.17) is 14.6 Å². The number of fused-ring (bicyclic) bond motifs is 1. The van der Waals surface area contributed by atoms with E-state index >= 15 is 0 Å². The first-order valence-corrected chi connectivity index (χ1v) is 12.4. The van der Waals surface area contributed by atoms with Crippen LogP contribution in [0.2, 0.25) is 0 Å². The van der Waals surface area contributed by atoms with E-state index in [-0.39, 0.29) is 5.91 Å². The van der Waals surface area contributed by atoms with E-state index in [0.29, 0.717) is 30.9 Å². The summed E-state index contributed by atoms with van der Waals surface area (Å²) in [6, 6.07) is 19.7. The fourth-order valence-electron chi connectivity index (χ4n) is 4.41. The number of benzene rings is 2. The molecule has 0 unspecified atom stereocenters. The highest BCUT2D eigenvalue weighted by Gasteiger charge is 2.20. The number of ether oxygens (including phenoxy) is 2. The van der Waals surface area contributed by atoms with Crippen molar-refractivity contribution in [3.63, 3.8) is 0 Å². The molecule has 1 amide bonds. The first kappa shape index (κ1) is 24.4. The number of hydrogen-bond acceptors (Lipinski definition) is 8. The van der Waals surface area contributed by atoms with E-state index < -0.39 is 0 Å². The van der Waals surface area contributed by atoms with Crippen molar-refractivity contribution in [3.05, 3.63) is 72.1 Å². The Hall–Kier alpha value is -4.34. The molecule has 0 radical (unpaired) electrons. The smallest absolute Gasteiger partial charge is 0.220 e. The van der Waals surface area contributed by atoms with Gasteiger partial charge in [-0.25, -0.2) is 0 Å². The van der Waals surface area contributed by atoms with E-state index in [9.17, 15) is 4.79 Å². The minimum atomic E-state index is -0.0441. The predicted molar refractivity (Wildman–Crippen MR) is 141 cm³/mol. The van der Waals surface area contributed by atoms with Gasteiger partial charge in [-0.3, -0.25) is 4.79 Å². The topological polar surface area (TPSA) is 97.1 Å². The molecule has 4 aromatic rings. The quantitative estimate of drug-likeness (QED) is 0.374. The Labute approximate surface area is 215 Å². The molecule has 1 fully saturated rings. The molecule has 5 rings (SSSR count). The van der Waals surface area contributed by atoms with Gasteiger partial charge in [-0.1, -0.05) is 18.2 Å². The number of nitrogens with one attached hydrogen (secondary N) is 1. The van der Waals surface area contributed by atoms with Gasteiger partial charge >= 0.3 is 0 Å². The molecule has 0 spiro atoms. The second-order valence-corrected chi connectivity index (χ2v) is 8.88. The number of methoxy groups -OCH3 is 2. The van der Waals surface area contributed by atoms with Gasteiger partial charge in [0.2, 0.25) is 5.91 Å². The minimum Gasteiger partial charge on any atom is -0.497 e. The van der Waals surface area contributed by atoms with Crippen LogP contribution in [-0.2, 0) is 17.8 Å². The third-order valence-corrected chi connectivity index (χ3v) is 6.56. The molecule has 0 aliphatic carbocycles. The van der Waals surface area contributed by atoms with Crippen molar-refractivity contribution >= 4 is 23.1 Å². The zero-order valence-corrected chi connectivity index (χ0v) is 21.1. The summed E-state index contributed by atoms with van der Waals surface area (Å²) in [7, 11) is 3.32. The van der Waals surface area contributed by atoms with Crippen molar-refractivity contribution in [1.29, 1.82) is 0 Å². The Morgan fingerprint density at radius 3 is 2.41 bits per heavy atom. The minimum absolute atomic E-state index is 0.0441. The normalized spacial score (nSPS) is 13.6. The van der Waals surface area contributed by atoms with Crippen LogP contribution in [0.4, 0.5) is 11.5 Å². The Kier molecular flexibility index (Phi) is 7.34.